The first-order chi connectivity index (χ1) is 11.0. The maximum absolute atomic E-state index is 12.3. The molecule has 0 bridgehead atoms. The lowest BCUT2D eigenvalue weighted by Gasteiger charge is -2.16. The van der Waals surface area contributed by atoms with Crippen LogP contribution in [0.5, 0.6) is 11.5 Å². The van der Waals surface area contributed by atoms with E-state index in [9.17, 15) is 4.79 Å². The highest BCUT2D eigenvalue weighted by atomic mass is 35.5. The van der Waals surface area contributed by atoms with Crippen LogP contribution in [0.4, 0.5) is 0 Å². The number of quaternary nitrogens is 1. The number of hydrogen-bond donors (Lipinski definition) is 2. The van der Waals surface area contributed by atoms with E-state index in [1.165, 1.54) is 7.11 Å². The van der Waals surface area contributed by atoms with E-state index in [4.69, 9.17) is 21.1 Å². The average Bonchev–Trinajstić information content (AvgIpc) is 2.52. The van der Waals surface area contributed by atoms with Crippen LogP contribution in [0.2, 0.25) is 0 Å². The molecule has 2 rings (SSSR count). The molecule has 1 aromatic carbocycles. The molecule has 0 saturated heterocycles. The van der Waals surface area contributed by atoms with Gasteiger partial charge in [0.25, 0.3) is 5.56 Å². The summed E-state index contributed by atoms with van der Waals surface area (Å²) in [6.45, 7) is 7.78. The quantitative estimate of drug-likeness (QED) is 0.793. The van der Waals surface area contributed by atoms with Gasteiger partial charge in [0.05, 0.1) is 36.7 Å². The Morgan fingerprint density at radius 2 is 2.00 bits per heavy atom. The van der Waals surface area contributed by atoms with Gasteiger partial charge in [-0.3, -0.25) is 4.79 Å². The van der Waals surface area contributed by atoms with E-state index in [1.54, 1.807) is 19.2 Å². The minimum absolute atomic E-state index is 0.203. The number of nitrogens with zero attached hydrogens (tertiary/aromatic N) is 1. The smallest absolute Gasteiger partial charge is 0.259 e. The number of likely N-dealkylation sites (N-methyl/N-ethyl adjacent to an activating group) is 1. The lowest BCUT2D eigenvalue weighted by molar-refractivity contribution is -0.907. The van der Waals surface area contributed by atoms with E-state index in [2.05, 4.69) is 16.5 Å². The normalized spacial score (nSPS) is 12.2. The lowest BCUT2D eigenvalue weighted by Crippen LogP contribution is -3.10. The van der Waals surface area contributed by atoms with Crippen LogP contribution in [-0.4, -0.2) is 37.3 Å². The molecule has 0 amide bonds. The largest absolute Gasteiger partial charge is 0.493 e. The number of ether oxygens (including phenoxy) is 2. The Balaban J connectivity index is 2.44. The zero-order chi connectivity index (χ0) is 17.0. The number of aromatic nitrogens is 2. The van der Waals surface area contributed by atoms with Gasteiger partial charge in [-0.1, -0.05) is 18.2 Å². The number of benzene rings is 1. The van der Waals surface area contributed by atoms with Crippen molar-refractivity contribution in [2.45, 2.75) is 13.5 Å². The van der Waals surface area contributed by atoms with E-state index < -0.39 is 0 Å². The number of fused-ring (bicyclic) bond motifs is 1. The Morgan fingerprint density at radius 1 is 1.35 bits per heavy atom. The van der Waals surface area contributed by atoms with Gasteiger partial charge in [0, 0.05) is 6.07 Å². The van der Waals surface area contributed by atoms with Crippen LogP contribution in [0.1, 0.15) is 12.7 Å². The molecule has 0 radical (unpaired) electrons. The first-order valence-corrected chi connectivity index (χ1v) is 7.68. The minimum Gasteiger partial charge on any atom is -0.493 e. The van der Waals surface area contributed by atoms with Crippen molar-refractivity contribution >= 4 is 22.5 Å². The molecule has 0 aliphatic heterocycles. The van der Waals surface area contributed by atoms with E-state index in [0.29, 0.717) is 46.3 Å². The molecule has 1 atom stereocenters. The molecule has 2 N–H and O–H groups in total. The predicted octanol–water partition coefficient (Wildman–Crippen LogP) is 1.10. The summed E-state index contributed by atoms with van der Waals surface area (Å²) in [7, 11) is 3.08. The first kappa shape index (κ1) is 17.3. The molecule has 0 aliphatic rings. The van der Waals surface area contributed by atoms with Crippen molar-refractivity contribution in [3.05, 3.63) is 39.9 Å². The summed E-state index contributed by atoms with van der Waals surface area (Å²) < 4.78 is 10.5. The summed E-state index contributed by atoms with van der Waals surface area (Å²) in [6, 6.07) is 3.34. The summed E-state index contributed by atoms with van der Waals surface area (Å²) >= 11 is 5.88. The molecule has 7 heteroatoms. The summed E-state index contributed by atoms with van der Waals surface area (Å²) in [6.07, 6.45) is 0. The predicted molar refractivity (Wildman–Crippen MR) is 90.5 cm³/mol. The highest BCUT2D eigenvalue weighted by molar-refractivity contribution is 6.29. The van der Waals surface area contributed by atoms with Crippen molar-refractivity contribution in [2.24, 2.45) is 0 Å². The number of hydrogen-bond acceptors (Lipinski definition) is 4. The SMILES string of the molecule is C=C(Cl)C[NH+](CC)Cc1nc2cc(OC)c(OC)cc2c(=O)[nH]1. The van der Waals surface area contributed by atoms with Crippen molar-refractivity contribution in [1.29, 1.82) is 0 Å². The van der Waals surface area contributed by atoms with Crippen molar-refractivity contribution < 1.29 is 14.4 Å². The second kappa shape index (κ2) is 7.48. The molecule has 23 heavy (non-hydrogen) atoms. The van der Waals surface area contributed by atoms with E-state index in [0.717, 1.165) is 11.4 Å². The van der Waals surface area contributed by atoms with Gasteiger partial charge in [-0.15, -0.1) is 0 Å². The zero-order valence-corrected chi connectivity index (χ0v) is 14.3. The standard InChI is InChI=1S/C16H20ClN3O3/c1-5-20(8-10(2)17)9-15-18-12-7-14(23-4)13(22-3)6-11(12)16(21)19-15/h6-7H,2,5,8-9H2,1,3-4H3,(H,18,19,21)/p+1. The van der Waals surface area contributed by atoms with Crippen LogP contribution in [0.3, 0.4) is 0 Å². The number of methoxy groups -OCH3 is 2. The first-order valence-electron chi connectivity index (χ1n) is 7.30. The maximum Gasteiger partial charge on any atom is 0.259 e. The Hall–Kier alpha value is -2.05. The molecule has 1 aromatic heterocycles. The molecule has 0 aliphatic carbocycles. The summed E-state index contributed by atoms with van der Waals surface area (Å²) in [5.41, 5.74) is 0.368. The fourth-order valence-corrected chi connectivity index (χ4v) is 2.61. The molecular formula is C16H21ClN3O3+. The van der Waals surface area contributed by atoms with Gasteiger partial charge >= 0.3 is 0 Å². The number of halogens is 1. The van der Waals surface area contributed by atoms with Crippen LogP contribution in [0.25, 0.3) is 10.9 Å². The molecule has 0 fully saturated rings. The Morgan fingerprint density at radius 3 is 2.57 bits per heavy atom. The van der Waals surface area contributed by atoms with E-state index >= 15 is 0 Å². The third-order valence-electron chi connectivity index (χ3n) is 3.62. The highest BCUT2D eigenvalue weighted by Crippen LogP contribution is 2.29. The Kier molecular flexibility index (Phi) is 5.63. The monoisotopic (exact) mass is 338 g/mol. The molecule has 124 valence electrons. The molecular weight excluding hydrogens is 318 g/mol. The highest BCUT2D eigenvalue weighted by Gasteiger charge is 2.14. The van der Waals surface area contributed by atoms with E-state index in [1.807, 2.05) is 6.92 Å². The Bertz CT molecular complexity index is 773. The fraction of sp³-hybridized carbons (Fsp3) is 0.375. The zero-order valence-electron chi connectivity index (χ0n) is 13.5. The third kappa shape index (κ3) is 4.03. The van der Waals surface area contributed by atoms with Gasteiger partial charge in [-0.05, 0) is 13.0 Å². The molecule has 2 aromatic rings. The second-order valence-corrected chi connectivity index (χ2v) is 5.75. The van der Waals surface area contributed by atoms with Crippen molar-refractivity contribution in [1.82, 2.24) is 9.97 Å². The van der Waals surface area contributed by atoms with Crippen LogP contribution >= 0.6 is 11.6 Å². The Labute approximate surface area is 139 Å². The fourth-order valence-electron chi connectivity index (χ4n) is 2.42. The number of aromatic amines is 1. The number of H-pyrrole nitrogens is 1. The minimum atomic E-state index is -0.203. The van der Waals surface area contributed by atoms with Crippen LogP contribution in [0, 0.1) is 0 Å². The topological polar surface area (TPSA) is 68.7 Å². The molecule has 0 spiro atoms. The second-order valence-electron chi connectivity index (χ2n) is 5.21. The number of rotatable bonds is 7. The van der Waals surface area contributed by atoms with Gasteiger partial charge in [0.2, 0.25) is 0 Å². The van der Waals surface area contributed by atoms with Crippen LogP contribution < -0.4 is 19.9 Å². The molecule has 1 unspecified atom stereocenters. The molecule has 0 saturated carbocycles. The van der Waals surface area contributed by atoms with Crippen LogP contribution in [0.15, 0.2) is 28.5 Å². The summed E-state index contributed by atoms with van der Waals surface area (Å²) in [5, 5.41) is 1.04. The number of nitrogens with one attached hydrogen (secondary N) is 2. The van der Waals surface area contributed by atoms with Crippen LogP contribution in [-0.2, 0) is 6.54 Å². The summed E-state index contributed by atoms with van der Waals surface area (Å²) in [5.74, 6) is 1.64. The van der Waals surface area contributed by atoms with Gasteiger partial charge in [0.15, 0.2) is 17.3 Å². The third-order valence-corrected chi connectivity index (χ3v) is 3.75. The van der Waals surface area contributed by atoms with Gasteiger partial charge in [-0.25, -0.2) is 4.98 Å². The van der Waals surface area contributed by atoms with Crippen molar-refractivity contribution in [3.8, 4) is 11.5 Å². The lowest BCUT2D eigenvalue weighted by atomic mass is 10.2. The van der Waals surface area contributed by atoms with E-state index in [-0.39, 0.29) is 5.56 Å². The van der Waals surface area contributed by atoms with Gasteiger partial charge in [0.1, 0.15) is 13.1 Å². The van der Waals surface area contributed by atoms with Crippen molar-refractivity contribution in [3.63, 3.8) is 0 Å². The molecule has 1 heterocycles. The van der Waals surface area contributed by atoms with Gasteiger partial charge < -0.3 is 19.4 Å². The molecule has 6 nitrogen and oxygen atoms in total. The summed E-state index contributed by atoms with van der Waals surface area (Å²) in [4.78, 5) is 20.8. The average molecular weight is 339 g/mol. The van der Waals surface area contributed by atoms with Crippen molar-refractivity contribution in [2.75, 3.05) is 27.3 Å². The maximum atomic E-state index is 12.3. The van der Waals surface area contributed by atoms with Gasteiger partial charge in [-0.2, -0.15) is 0 Å².